The molecule has 56 heteroatoms. The maximum Gasteiger partial charge on any atom is 0.435 e. The maximum absolute atomic E-state index is 13.7. The first-order valence-corrected chi connectivity index (χ1v) is 36.0. The Morgan fingerprint density at radius 1 is 0.381 bits per heavy atom. The van der Waals surface area contributed by atoms with Crippen LogP contribution in [0, 0.1) is 11.8 Å². The van der Waals surface area contributed by atoms with Gasteiger partial charge in [-0.2, -0.15) is 171 Å². The minimum Gasteiger partial charge on any atom is -0.490 e. The van der Waals surface area contributed by atoms with Crippen LogP contribution < -0.4 is 4.74 Å². The monoisotopic (exact) mass is 2030 g/mol. The molecule has 770 valence electrons. The van der Waals surface area contributed by atoms with Gasteiger partial charge in [0.2, 0.25) is 5.60 Å². The van der Waals surface area contributed by atoms with Gasteiger partial charge in [0.05, 0.1) is 0 Å². The van der Waals surface area contributed by atoms with Crippen LogP contribution in [-0.2, 0) is 60.5 Å². The minimum atomic E-state index is -6.30. The Hall–Kier alpha value is -9.30. The summed E-state index contributed by atoms with van der Waals surface area (Å²) >= 11 is 0. The smallest absolute Gasteiger partial charge is 0.435 e. The van der Waals surface area contributed by atoms with E-state index in [1.54, 1.807) is 0 Å². The Kier molecular flexibility index (Phi) is 40.4. The highest BCUT2D eigenvalue weighted by Crippen LogP contribution is 2.58. The molecule has 1 aliphatic carbocycles. The maximum atomic E-state index is 13.7. The molecule has 7 N–H and O–H groups in total. The van der Waals surface area contributed by atoms with E-state index in [1.807, 2.05) is 0 Å². The molecule has 9 unspecified atom stereocenters. The van der Waals surface area contributed by atoms with E-state index in [9.17, 15) is 220 Å². The van der Waals surface area contributed by atoms with Crippen LogP contribution in [0.3, 0.4) is 0 Å². The molecule has 1 aliphatic rings. The Morgan fingerprint density at radius 2 is 0.731 bits per heavy atom. The molecule has 1 saturated carbocycles. The largest absolute Gasteiger partial charge is 0.490 e. The van der Waals surface area contributed by atoms with E-state index in [0.29, 0.717) is 62.7 Å². The summed E-state index contributed by atoms with van der Waals surface area (Å²) in [5.41, 5.74) is -47.0. The van der Waals surface area contributed by atoms with E-state index in [4.69, 9.17) is 10.2 Å². The Labute approximate surface area is 732 Å². The third-order valence-electron chi connectivity index (χ3n) is 19.2. The Morgan fingerprint density at radius 3 is 1.04 bits per heavy atom. The summed E-state index contributed by atoms with van der Waals surface area (Å²) in [5.74, 6) is -10.2. The number of rotatable bonds is 22. The van der Waals surface area contributed by atoms with Gasteiger partial charge >= 0.3 is 110 Å². The Balaban J connectivity index is 0. The van der Waals surface area contributed by atoms with E-state index in [2.05, 4.69) is 63.2 Å². The van der Waals surface area contributed by atoms with Crippen molar-refractivity contribution >= 4 is 36.0 Å². The number of carbonyl (C=O) groups is 4. The number of benzene rings is 3. The van der Waals surface area contributed by atoms with Gasteiger partial charge in [0, 0.05) is 51.7 Å². The summed E-state index contributed by atoms with van der Waals surface area (Å²) < 4.78 is 535. The molecule has 0 radical (unpaired) electrons. The van der Waals surface area contributed by atoms with Crippen LogP contribution in [0.2, 0.25) is 0 Å². The summed E-state index contributed by atoms with van der Waals surface area (Å²) in [6.45, 7) is 25.5. The van der Waals surface area contributed by atoms with Crippen LogP contribution in [-0.4, -0.2) is 192 Å². The fourth-order valence-electron chi connectivity index (χ4n) is 10.5. The summed E-state index contributed by atoms with van der Waals surface area (Å²) in [7, 11) is 0. The van der Waals surface area contributed by atoms with Gasteiger partial charge in [0.15, 0.2) is 28.0 Å². The van der Waals surface area contributed by atoms with Gasteiger partial charge in [-0.15, -0.1) is 0 Å². The van der Waals surface area contributed by atoms with Crippen LogP contribution in [0.1, 0.15) is 142 Å². The van der Waals surface area contributed by atoms with Crippen LogP contribution in [0.15, 0.2) is 128 Å². The number of esters is 4. The molecular weight excluding hydrogens is 1950 g/mol. The van der Waals surface area contributed by atoms with Crippen LogP contribution in [0.4, 0.5) is 176 Å². The van der Waals surface area contributed by atoms with Crippen LogP contribution in [0.25, 0.3) is 12.2 Å². The lowest BCUT2D eigenvalue weighted by molar-refractivity contribution is -0.391. The summed E-state index contributed by atoms with van der Waals surface area (Å²) in [5, 5.41) is 65.8. The molecular formula is C78H82F40O16. The molecule has 0 aliphatic heterocycles. The van der Waals surface area contributed by atoms with Gasteiger partial charge in [-0.1, -0.05) is 88.0 Å². The van der Waals surface area contributed by atoms with E-state index >= 15 is 0 Å². The minimum absolute atomic E-state index is 0.0958. The number of hydrogen-bond acceptors (Lipinski definition) is 16. The normalized spacial score (nSPS) is 18.1. The fraction of sp³-hybridized carbons (Fsp3) is 0.564. The highest BCUT2D eigenvalue weighted by Gasteiger charge is 2.81. The molecule has 134 heavy (non-hydrogen) atoms. The average Bonchev–Trinajstić information content (AvgIpc) is 0.828. The average molecular weight is 2040 g/mol. The standard InChI is InChI=1S/C16H19F9O4.C16H16F6O3.C14H11F9O2.C12H10F6O2.C10H11F7O2.C10H15F3O3/c1-7(2)11(26)29-10-5-8(12(3,27)14(17,18)19)4-9(6-10)13(28,15(20,21)22)16(23,24)25;1-9(2)12(23)25-14(4,16(20,21)22)11-7-5-10(6-8-11)13(3,24)15(17,18)19;1-3-7-4-8(10(2,24)12(15,16)17)6-9(5-7)11(25,13(18,19)20)14(21,22)23;1-2-8-3-5-9(6-4-8)20-7-10(19,11(13,14)15)12(16,17)18;1-5(2)6(18)19-7(3,4)8(11,9(12,13)14)10(15,16)17;1-6(2)8(14)16-7(3)5-9(4,15)10(11,12)13/h8-10,27-28H,1,4-6H2,2-3H3;5-8,24H,1H2,2-4H3;3-6,24-25H,1H2,2H3;2-6,19H,1,7H2;1H2,2-4H3;7,15H,1,5H2,2-4H3. The van der Waals surface area contributed by atoms with Crippen molar-refractivity contribution in [2.24, 2.45) is 11.8 Å². The lowest BCUT2D eigenvalue weighted by Crippen LogP contribution is -2.67. The van der Waals surface area contributed by atoms with E-state index in [1.165, 1.54) is 44.2 Å². The number of aliphatic hydroxyl groups is 7. The number of carbonyl (C=O) groups excluding carboxylic acids is 4. The van der Waals surface area contributed by atoms with Gasteiger partial charge in [-0.3, -0.25) is 0 Å². The van der Waals surface area contributed by atoms with Gasteiger partial charge in [-0.25, -0.2) is 23.6 Å². The quantitative estimate of drug-likeness (QED) is 0.0214. The lowest BCUT2D eigenvalue weighted by atomic mass is 9.66. The highest BCUT2D eigenvalue weighted by atomic mass is 19.5. The second-order valence-corrected chi connectivity index (χ2v) is 30.7. The first-order valence-electron chi connectivity index (χ1n) is 36.0. The summed E-state index contributed by atoms with van der Waals surface area (Å²) in [4.78, 5) is 45.2. The van der Waals surface area contributed by atoms with Crippen molar-refractivity contribution < 1.29 is 254 Å². The number of halogens is 40. The Bertz CT molecular complexity index is 4450. The summed E-state index contributed by atoms with van der Waals surface area (Å²) in [6, 6.07) is 8.45. The van der Waals surface area contributed by atoms with Crippen molar-refractivity contribution in [2.45, 2.75) is 257 Å². The SMILES string of the molecule is C=C(C)C(=O)OC(C)(C)C(F)(C(F)(F)F)C(F)(F)F.C=C(C)C(=O)OC(C)(c1ccc(C(C)(O)C(F)(F)F)cc1)C(F)(F)F.C=C(C)C(=O)OC(C)CC(C)(O)C(F)(F)F.C=C(C)C(=O)OC1CC(C(C)(O)C(F)(F)F)CC(C(O)(C(F)(F)F)C(F)(F)F)C1.C=Cc1cc(C(C)(O)C(F)(F)F)cc(C(O)(C(F)(F)F)C(F)(F)F)c1.C=Cc1ccc(OCC(O)(C(F)(F)F)C(F)(F)F)cc1. The zero-order valence-electron chi connectivity index (χ0n) is 70.5. The second-order valence-electron chi connectivity index (χ2n) is 30.7. The zero-order chi connectivity index (χ0) is 108. The van der Waals surface area contributed by atoms with Gasteiger partial charge in [0.25, 0.3) is 16.8 Å². The van der Waals surface area contributed by atoms with Crippen LogP contribution >= 0.6 is 0 Å². The van der Waals surface area contributed by atoms with Gasteiger partial charge in [-0.05, 0) is 155 Å². The van der Waals surface area contributed by atoms with Crippen molar-refractivity contribution in [3.8, 4) is 5.75 Å². The molecule has 16 nitrogen and oxygen atoms in total. The van der Waals surface area contributed by atoms with E-state index in [0.717, 1.165) is 20.8 Å². The van der Waals surface area contributed by atoms with Crippen molar-refractivity contribution in [3.05, 3.63) is 162 Å². The second kappa shape index (κ2) is 42.8. The lowest BCUT2D eigenvalue weighted by Gasteiger charge is -2.47. The molecule has 0 heterocycles. The zero-order valence-corrected chi connectivity index (χ0v) is 70.5. The fourth-order valence-corrected chi connectivity index (χ4v) is 10.5. The van der Waals surface area contributed by atoms with E-state index < -0.39 is 250 Å². The predicted octanol–water partition coefficient (Wildman–Crippen LogP) is 22.3. The molecule has 9 atom stereocenters. The molecule has 0 spiro atoms. The van der Waals surface area contributed by atoms with Crippen molar-refractivity contribution in [3.63, 3.8) is 0 Å². The molecule has 0 saturated heterocycles. The highest BCUT2D eigenvalue weighted by molar-refractivity contribution is 5.88. The van der Waals surface area contributed by atoms with Crippen molar-refractivity contribution in [1.82, 2.24) is 0 Å². The molecule has 4 rings (SSSR count). The third-order valence-corrected chi connectivity index (χ3v) is 19.2. The number of alkyl halides is 40. The van der Waals surface area contributed by atoms with Crippen LogP contribution in [0.5, 0.6) is 5.75 Å². The van der Waals surface area contributed by atoms with Crippen molar-refractivity contribution in [2.75, 3.05) is 6.61 Å². The molecule has 3 aromatic rings. The van der Waals surface area contributed by atoms with E-state index in [-0.39, 0.29) is 62.3 Å². The van der Waals surface area contributed by atoms with Crippen molar-refractivity contribution in [1.29, 1.82) is 0 Å². The molecule has 1 fully saturated rings. The topological polar surface area (TPSA) is 256 Å². The number of ether oxygens (including phenoxy) is 5. The first-order chi connectivity index (χ1) is 58.6. The third kappa shape index (κ3) is 30.1. The van der Waals surface area contributed by atoms with Gasteiger partial charge in [0.1, 0.15) is 24.6 Å². The first kappa shape index (κ1) is 127. The molecule has 0 amide bonds. The molecule has 0 aromatic heterocycles. The van der Waals surface area contributed by atoms with Gasteiger partial charge < -0.3 is 59.4 Å². The summed E-state index contributed by atoms with van der Waals surface area (Å²) in [6.07, 6.45) is -80.2. The molecule has 3 aromatic carbocycles. The number of hydrogen-bond donors (Lipinski definition) is 7. The predicted molar refractivity (Wildman–Crippen MR) is 385 cm³/mol. The molecule has 0 bridgehead atoms.